The van der Waals surface area contributed by atoms with Crippen LogP contribution in [0.2, 0.25) is 0 Å². The third kappa shape index (κ3) is 4.24. The number of hydrogen-bond acceptors (Lipinski definition) is 7. The van der Waals surface area contributed by atoms with Gasteiger partial charge in [-0.3, -0.25) is 10.1 Å². The van der Waals surface area contributed by atoms with Gasteiger partial charge in [0.25, 0.3) is 5.69 Å². The minimum absolute atomic E-state index is 0.00824. The van der Waals surface area contributed by atoms with Gasteiger partial charge in [0.2, 0.25) is 5.95 Å². The smallest absolute Gasteiger partial charge is 0.271 e. The number of nitrogens with one attached hydrogen (secondary N) is 2. The highest BCUT2D eigenvalue weighted by Crippen LogP contribution is 2.25. The van der Waals surface area contributed by atoms with Gasteiger partial charge in [0.05, 0.1) is 18.2 Å². The highest BCUT2D eigenvalue weighted by molar-refractivity contribution is 5.62. The molecule has 0 aliphatic heterocycles. The first-order valence-corrected chi connectivity index (χ1v) is 7.61. The molecule has 3 aromatic rings. The van der Waals surface area contributed by atoms with Gasteiger partial charge in [0.1, 0.15) is 0 Å². The summed E-state index contributed by atoms with van der Waals surface area (Å²) in [6.45, 7) is 0. The summed E-state index contributed by atoms with van der Waals surface area (Å²) in [6.07, 6.45) is 0.925. The van der Waals surface area contributed by atoms with Crippen LogP contribution < -0.4 is 15.4 Å². The fourth-order valence-corrected chi connectivity index (χ4v) is 2.22. The van der Waals surface area contributed by atoms with Gasteiger partial charge in [-0.1, -0.05) is 6.07 Å². The normalized spacial score (nSPS) is 10.3. The molecule has 0 amide bonds. The van der Waals surface area contributed by atoms with Gasteiger partial charge in [-0.15, -0.1) is 0 Å². The van der Waals surface area contributed by atoms with Crippen molar-refractivity contribution in [1.29, 1.82) is 0 Å². The molecule has 0 unspecified atom stereocenters. The van der Waals surface area contributed by atoms with E-state index in [4.69, 9.17) is 4.74 Å². The van der Waals surface area contributed by atoms with Gasteiger partial charge < -0.3 is 15.4 Å². The standard InChI is InChI=1S/C17H13F2N5O3/c1-27-15-6-5-11(8-13(15)18)22-17-20-9-14(19)16(23-17)21-10-3-2-4-12(7-10)24(25)26/h2-9H,1H3,(H2,20,21,22,23). The average molecular weight is 373 g/mol. The van der Waals surface area contributed by atoms with E-state index in [2.05, 4.69) is 20.6 Å². The van der Waals surface area contributed by atoms with Crippen LogP contribution in [0.15, 0.2) is 48.7 Å². The molecule has 1 heterocycles. The molecule has 3 rings (SSSR count). The summed E-state index contributed by atoms with van der Waals surface area (Å²) < 4.78 is 32.6. The third-order valence-electron chi connectivity index (χ3n) is 3.47. The average Bonchev–Trinajstić information content (AvgIpc) is 2.65. The van der Waals surface area contributed by atoms with Crippen molar-refractivity contribution in [3.63, 3.8) is 0 Å². The number of nitro groups is 1. The predicted molar refractivity (Wildman–Crippen MR) is 94.6 cm³/mol. The molecular weight excluding hydrogens is 360 g/mol. The van der Waals surface area contributed by atoms with Crippen molar-refractivity contribution in [3.8, 4) is 5.75 Å². The number of benzene rings is 2. The van der Waals surface area contributed by atoms with Gasteiger partial charge in [-0.2, -0.15) is 4.98 Å². The van der Waals surface area contributed by atoms with Crippen LogP contribution in [0.3, 0.4) is 0 Å². The van der Waals surface area contributed by atoms with Crippen molar-refractivity contribution in [2.75, 3.05) is 17.7 Å². The van der Waals surface area contributed by atoms with E-state index in [0.29, 0.717) is 5.69 Å². The summed E-state index contributed by atoms with van der Waals surface area (Å²) in [5.74, 6) is -1.45. The Morgan fingerprint density at radius 1 is 1.07 bits per heavy atom. The lowest BCUT2D eigenvalue weighted by Gasteiger charge is -2.10. The number of ether oxygens (including phenoxy) is 1. The fourth-order valence-electron chi connectivity index (χ4n) is 2.22. The van der Waals surface area contributed by atoms with Crippen LogP contribution in [0.5, 0.6) is 5.75 Å². The van der Waals surface area contributed by atoms with Crippen molar-refractivity contribution in [2.24, 2.45) is 0 Å². The maximum absolute atomic E-state index is 14.0. The highest BCUT2D eigenvalue weighted by atomic mass is 19.1. The zero-order valence-electron chi connectivity index (χ0n) is 13.9. The van der Waals surface area contributed by atoms with Gasteiger partial charge in [0.15, 0.2) is 23.2 Å². The number of non-ortho nitro benzene ring substituents is 1. The Balaban J connectivity index is 1.83. The number of nitrogens with zero attached hydrogens (tertiary/aromatic N) is 3. The second kappa shape index (κ2) is 7.60. The molecule has 0 atom stereocenters. The molecule has 0 aliphatic rings. The first-order chi connectivity index (χ1) is 13.0. The van der Waals surface area contributed by atoms with E-state index in [1.807, 2.05) is 0 Å². The van der Waals surface area contributed by atoms with Crippen LogP contribution in [0.1, 0.15) is 0 Å². The molecule has 2 N–H and O–H groups in total. The van der Waals surface area contributed by atoms with Crippen LogP contribution in [0, 0.1) is 21.7 Å². The number of aromatic nitrogens is 2. The summed E-state index contributed by atoms with van der Waals surface area (Å²) in [5.41, 5.74) is 0.464. The lowest BCUT2D eigenvalue weighted by atomic mass is 10.3. The van der Waals surface area contributed by atoms with Crippen LogP contribution in [-0.4, -0.2) is 22.0 Å². The number of nitro benzene ring substituents is 1. The zero-order valence-corrected chi connectivity index (χ0v) is 13.9. The summed E-state index contributed by atoms with van der Waals surface area (Å²) in [6, 6.07) is 9.69. The minimum Gasteiger partial charge on any atom is -0.494 e. The Labute approximate surface area is 152 Å². The quantitative estimate of drug-likeness (QED) is 0.494. The van der Waals surface area contributed by atoms with E-state index >= 15 is 0 Å². The summed E-state index contributed by atoms with van der Waals surface area (Å²) in [5, 5.41) is 16.2. The molecule has 0 radical (unpaired) electrons. The van der Waals surface area contributed by atoms with E-state index in [9.17, 15) is 18.9 Å². The molecule has 0 fully saturated rings. The van der Waals surface area contributed by atoms with Gasteiger partial charge in [-0.05, 0) is 18.2 Å². The lowest BCUT2D eigenvalue weighted by molar-refractivity contribution is -0.384. The molecule has 2 aromatic carbocycles. The monoisotopic (exact) mass is 373 g/mol. The summed E-state index contributed by atoms with van der Waals surface area (Å²) in [7, 11) is 1.35. The Bertz CT molecular complexity index is 1000. The number of hydrogen-bond donors (Lipinski definition) is 2. The molecule has 8 nitrogen and oxygen atoms in total. The SMILES string of the molecule is COc1ccc(Nc2ncc(F)c(Nc3cccc([N+](=O)[O-])c3)n2)cc1F. The number of halogens is 2. The second-order valence-electron chi connectivity index (χ2n) is 5.30. The van der Waals surface area contributed by atoms with Crippen LogP contribution >= 0.6 is 0 Å². The summed E-state index contributed by atoms with van der Waals surface area (Å²) in [4.78, 5) is 18.0. The molecule has 138 valence electrons. The lowest BCUT2D eigenvalue weighted by Crippen LogP contribution is -2.04. The molecule has 0 saturated heterocycles. The maximum atomic E-state index is 14.0. The van der Waals surface area contributed by atoms with Crippen LogP contribution in [0.4, 0.5) is 37.6 Å². The van der Waals surface area contributed by atoms with Crippen molar-refractivity contribution in [1.82, 2.24) is 9.97 Å². The van der Waals surface area contributed by atoms with E-state index in [1.54, 1.807) is 6.07 Å². The molecule has 0 spiro atoms. The Hall–Kier alpha value is -3.82. The maximum Gasteiger partial charge on any atom is 0.271 e. The van der Waals surface area contributed by atoms with Crippen molar-refractivity contribution in [3.05, 3.63) is 70.4 Å². The predicted octanol–water partition coefficient (Wildman–Crippen LogP) is 4.16. The molecule has 27 heavy (non-hydrogen) atoms. The summed E-state index contributed by atoms with van der Waals surface area (Å²) >= 11 is 0. The molecule has 0 saturated carbocycles. The largest absolute Gasteiger partial charge is 0.494 e. The van der Waals surface area contributed by atoms with E-state index in [1.165, 1.54) is 43.5 Å². The van der Waals surface area contributed by atoms with Crippen LogP contribution in [0.25, 0.3) is 0 Å². The first-order valence-electron chi connectivity index (χ1n) is 7.61. The van der Waals surface area contributed by atoms with Crippen molar-refractivity contribution in [2.45, 2.75) is 0 Å². The zero-order chi connectivity index (χ0) is 19.4. The molecule has 1 aromatic heterocycles. The number of rotatable bonds is 6. The third-order valence-corrected chi connectivity index (χ3v) is 3.47. The van der Waals surface area contributed by atoms with Crippen molar-refractivity contribution >= 4 is 28.8 Å². The van der Waals surface area contributed by atoms with Crippen LogP contribution in [-0.2, 0) is 0 Å². The fraction of sp³-hybridized carbons (Fsp3) is 0.0588. The highest BCUT2D eigenvalue weighted by Gasteiger charge is 2.11. The Morgan fingerprint density at radius 3 is 2.56 bits per heavy atom. The van der Waals surface area contributed by atoms with E-state index in [0.717, 1.165) is 6.20 Å². The van der Waals surface area contributed by atoms with Gasteiger partial charge in [-0.25, -0.2) is 13.8 Å². The van der Waals surface area contributed by atoms with Gasteiger partial charge in [0, 0.05) is 29.6 Å². The molecular formula is C17H13F2N5O3. The van der Waals surface area contributed by atoms with E-state index < -0.39 is 16.6 Å². The van der Waals surface area contributed by atoms with E-state index in [-0.39, 0.29) is 28.9 Å². The number of anilines is 4. The Kier molecular flexibility index (Phi) is 5.06. The number of methoxy groups -OCH3 is 1. The molecule has 10 heteroatoms. The second-order valence-corrected chi connectivity index (χ2v) is 5.30. The minimum atomic E-state index is -0.757. The molecule has 0 bridgehead atoms. The first kappa shape index (κ1) is 18.0. The van der Waals surface area contributed by atoms with Crippen molar-refractivity contribution < 1.29 is 18.4 Å². The van der Waals surface area contributed by atoms with Gasteiger partial charge >= 0.3 is 0 Å². The molecule has 0 aliphatic carbocycles. The topological polar surface area (TPSA) is 102 Å². The Morgan fingerprint density at radius 2 is 1.85 bits per heavy atom.